The highest BCUT2D eigenvalue weighted by Crippen LogP contribution is 2.26. The van der Waals surface area contributed by atoms with Gasteiger partial charge < -0.3 is 16.0 Å². The van der Waals surface area contributed by atoms with Crippen molar-refractivity contribution in [3.8, 4) is 0 Å². The van der Waals surface area contributed by atoms with Crippen LogP contribution in [0.4, 0.5) is 10.2 Å². The van der Waals surface area contributed by atoms with E-state index in [0.717, 1.165) is 31.3 Å². The van der Waals surface area contributed by atoms with Crippen molar-refractivity contribution in [1.82, 2.24) is 10.3 Å². The van der Waals surface area contributed by atoms with E-state index in [0.29, 0.717) is 16.9 Å². The van der Waals surface area contributed by atoms with Crippen LogP contribution in [0, 0.1) is 11.2 Å². The number of carbonyl (C=O) groups excluding carboxylic acids is 1. The molecule has 0 bridgehead atoms. The Kier molecular flexibility index (Phi) is 4.44. The van der Waals surface area contributed by atoms with Gasteiger partial charge in [-0.2, -0.15) is 0 Å². The molecule has 0 unspecified atom stereocenters. The van der Waals surface area contributed by atoms with Crippen molar-refractivity contribution in [1.29, 1.82) is 5.41 Å². The standard InChI is InChI=1S/C17H20FN5O/c1-10(24)21-16(20)14-8-11-2-3-12(18)9-15(11)22-17(14)23-6-4-13(19)5-7-23/h2-3,8-9,13H,4-7,19H2,1H3,(H2,20,21,24). The lowest BCUT2D eigenvalue weighted by atomic mass is 10.0. The summed E-state index contributed by atoms with van der Waals surface area (Å²) in [5.74, 6) is -0.0954. The number of nitrogens with two attached hydrogens (primary N) is 1. The highest BCUT2D eigenvalue weighted by atomic mass is 19.1. The predicted molar refractivity (Wildman–Crippen MR) is 91.8 cm³/mol. The summed E-state index contributed by atoms with van der Waals surface area (Å²) in [5.41, 5.74) is 7.01. The van der Waals surface area contributed by atoms with Crippen LogP contribution < -0.4 is 16.0 Å². The van der Waals surface area contributed by atoms with Crippen LogP contribution in [0.25, 0.3) is 10.9 Å². The lowest BCUT2D eigenvalue weighted by Crippen LogP contribution is -2.41. The van der Waals surface area contributed by atoms with Crippen molar-refractivity contribution < 1.29 is 9.18 Å². The molecule has 1 amide bonds. The lowest BCUT2D eigenvalue weighted by Gasteiger charge is -2.32. The Labute approximate surface area is 139 Å². The Bertz CT molecular complexity index is 799. The number of hydrogen-bond acceptors (Lipinski definition) is 5. The smallest absolute Gasteiger partial charge is 0.222 e. The molecular formula is C17H20FN5O. The molecule has 0 saturated carbocycles. The van der Waals surface area contributed by atoms with E-state index in [9.17, 15) is 9.18 Å². The van der Waals surface area contributed by atoms with E-state index in [-0.39, 0.29) is 23.6 Å². The molecule has 126 valence electrons. The quantitative estimate of drug-likeness (QED) is 0.578. The third kappa shape index (κ3) is 3.35. The van der Waals surface area contributed by atoms with Gasteiger partial charge in [-0.05, 0) is 31.0 Å². The number of halogens is 1. The Balaban J connectivity index is 2.08. The fourth-order valence-corrected chi connectivity index (χ4v) is 2.91. The number of nitrogens with one attached hydrogen (secondary N) is 2. The maximum atomic E-state index is 13.5. The number of amidine groups is 1. The molecular weight excluding hydrogens is 309 g/mol. The Morgan fingerprint density at radius 1 is 1.38 bits per heavy atom. The fraction of sp³-hybridized carbons (Fsp3) is 0.353. The number of piperidine rings is 1. The molecule has 2 heterocycles. The van der Waals surface area contributed by atoms with Gasteiger partial charge >= 0.3 is 0 Å². The molecule has 7 heteroatoms. The van der Waals surface area contributed by atoms with E-state index in [1.807, 2.05) is 4.90 Å². The van der Waals surface area contributed by atoms with Crippen LogP contribution >= 0.6 is 0 Å². The number of pyridine rings is 1. The number of benzene rings is 1. The van der Waals surface area contributed by atoms with Crippen LogP contribution in [0.3, 0.4) is 0 Å². The number of anilines is 1. The van der Waals surface area contributed by atoms with Gasteiger partial charge in [-0.3, -0.25) is 10.2 Å². The minimum atomic E-state index is -0.355. The maximum absolute atomic E-state index is 13.5. The Morgan fingerprint density at radius 2 is 2.08 bits per heavy atom. The van der Waals surface area contributed by atoms with E-state index in [4.69, 9.17) is 11.1 Å². The van der Waals surface area contributed by atoms with E-state index >= 15 is 0 Å². The molecule has 24 heavy (non-hydrogen) atoms. The van der Waals surface area contributed by atoms with Crippen LogP contribution in [0.1, 0.15) is 25.3 Å². The molecule has 0 atom stereocenters. The van der Waals surface area contributed by atoms with E-state index in [1.165, 1.54) is 19.1 Å². The molecule has 1 aromatic carbocycles. The first-order valence-corrected chi connectivity index (χ1v) is 7.91. The summed E-state index contributed by atoms with van der Waals surface area (Å²) in [6.45, 7) is 2.79. The van der Waals surface area contributed by atoms with Crippen molar-refractivity contribution in [3.05, 3.63) is 35.6 Å². The molecule has 0 spiro atoms. The number of carbonyl (C=O) groups is 1. The number of hydrogen-bond donors (Lipinski definition) is 3. The highest BCUT2D eigenvalue weighted by Gasteiger charge is 2.22. The first-order valence-electron chi connectivity index (χ1n) is 7.91. The van der Waals surface area contributed by atoms with Gasteiger partial charge in [0.2, 0.25) is 5.91 Å². The van der Waals surface area contributed by atoms with Gasteiger partial charge in [0.05, 0.1) is 11.1 Å². The fourth-order valence-electron chi connectivity index (χ4n) is 2.91. The molecule has 3 rings (SSSR count). The second-order valence-electron chi connectivity index (χ2n) is 6.08. The zero-order valence-electron chi connectivity index (χ0n) is 13.5. The zero-order valence-corrected chi connectivity index (χ0v) is 13.5. The van der Waals surface area contributed by atoms with E-state index in [2.05, 4.69) is 10.3 Å². The van der Waals surface area contributed by atoms with Gasteiger partial charge in [0, 0.05) is 37.5 Å². The van der Waals surface area contributed by atoms with Crippen LogP contribution in [-0.2, 0) is 4.79 Å². The lowest BCUT2D eigenvalue weighted by molar-refractivity contribution is -0.117. The van der Waals surface area contributed by atoms with Gasteiger partial charge in [-0.1, -0.05) is 0 Å². The van der Waals surface area contributed by atoms with Crippen molar-refractivity contribution in [2.45, 2.75) is 25.8 Å². The monoisotopic (exact) mass is 329 g/mol. The second-order valence-corrected chi connectivity index (χ2v) is 6.08. The SMILES string of the molecule is CC(=O)NC(=N)c1cc2ccc(F)cc2nc1N1CCC(N)CC1. The number of fused-ring (bicyclic) bond motifs is 1. The second kappa shape index (κ2) is 6.52. The van der Waals surface area contributed by atoms with Crippen molar-refractivity contribution in [2.24, 2.45) is 5.73 Å². The van der Waals surface area contributed by atoms with Gasteiger partial charge in [-0.25, -0.2) is 9.37 Å². The molecule has 1 aliphatic rings. The van der Waals surface area contributed by atoms with Crippen LogP contribution in [0.2, 0.25) is 0 Å². The number of nitrogens with zero attached hydrogens (tertiary/aromatic N) is 2. The largest absolute Gasteiger partial charge is 0.356 e. The minimum Gasteiger partial charge on any atom is -0.356 e. The summed E-state index contributed by atoms with van der Waals surface area (Å²) >= 11 is 0. The third-order valence-electron chi connectivity index (χ3n) is 4.17. The summed E-state index contributed by atoms with van der Waals surface area (Å²) < 4.78 is 13.5. The highest BCUT2D eigenvalue weighted by molar-refractivity contribution is 6.10. The maximum Gasteiger partial charge on any atom is 0.222 e. The summed E-state index contributed by atoms with van der Waals surface area (Å²) in [5, 5.41) is 11.4. The van der Waals surface area contributed by atoms with E-state index in [1.54, 1.807) is 12.1 Å². The van der Waals surface area contributed by atoms with Crippen molar-refractivity contribution in [3.63, 3.8) is 0 Å². The van der Waals surface area contributed by atoms with Gasteiger partial charge in [0.1, 0.15) is 17.5 Å². The molecule has 1 fully saturated rings. The third-order valence-corrected chi connectivity index (χ3v) is 4.17. The Morgan fingerprint density at radius 3 is 2.75 bits per heavy atom. The molecule has 6 nitrogen and oxygen atoms in total. The molecule has 0 radical (unpaired) electrons. The molecule has 1 aliphatic heterocycles. The normalized spacial score (nSPS) is 15.5. The summed E-state index contributed by atoms with van der Waals surface area (Å²) in [6.07, 6.45) is 1.66. The average molecular weight is 329 g/mol. The van der Waals surface area contributed by atoms with Crippen LogP contribution in [0.5, 0.6) is 0 Å². The van der Waals surface area contributed by atoms with Crippen molar-refractivity contribution >= 4 is 28.5 Å². The van der Waals surface area contributed by atoms with Gasteiger partial charge in [-0.15, -0.1) is 0 Å². The molecule has 2 aromatic rings. The summed E-state index contributed by atoms with van der Waals surface area (Å²) in [4.78, 5) is 17.9. The Hall–Kier alpha value is -2.54. The van der Waals surface area contributed by atoms with E-state index < -0.39 is 0 Å². The van der Waals surface area contributed by atoms with Crippen molar-refractivity contribution in [2.75, 3.05) is 18.0 Å². The molecule has 4 N–H and O–H groups in total. The number of rotatable bonds is 2. The zero-order chi connectivity index (χ0) is 17.3. The first-order chi connectivity index (χ1) is 11.4. The minimum absolute atomic E-state index is 0.00824. The molecule has 0 aliphatic carbocycles. The summed E-state index contributed by atoms with van der Waals surface area (Å²) in [7, 11) is 0. The predicted octanol–water partition coefficient (Wildman–Crippen LogP) is 1.76. The number of aromatic nitrogens is 1. The van der Waals surface area contributed by atoms with Crippen LogP contribution in [-0.4, -0.2) is 35.9 Å². The molecule has 1 saturated heterocycles. The summed E-state index contributed by atoms with van der Waals surface area (Å²) in [6, 6.07) is 6.29. The van der Waals surface area contributed by atoms with Gasteiger partial charge in [0.15, 0.2) is 0 Å². The number of amides is 1. The molecule has 1 aromatic heterocycles. The average Bonchev–Trinajstić information content (AvgIpc) is 2.53. The topological polar surface area (TPSA) is 95.1 Å². The van der Waals surface area contributed by atoms with Crippen LogP contribution in [0.15, 0.2) is 24.3 Å². The van der Waals surface area contributed by atoms with Gasteiger partial charge in [0.25, 0.3) is 0 Å². The first kappa shape index (κ1) is 16.3.